The summed E-state index contributed by atoms with van der Waals surface area (Å²) >= 11 is 0. The van der Waals surface area contributed by atoms with Gasteiger partial charge < -0.3 is 10.2 Å². The summed E-state index contributed by atoms with van der Waals surface area (Å²) in [5, 5.41) is 16.7. The Balaban J connectivity index is 6.62. The standard InChI is InChI=1S/C11H7F17O2/c12-4(13,1-3(30)2-29)5(14,15)6(16,17)7(18,19)8(20,21)9(22,23)10(24,25)11(26,27)28/h3,29-30H,1-2H2. The topological polar surface area (TPSA) is 40.5 Å². The Morgan fingerprint density at radius 1 is 0.467 bits per heavy atom. The second-order valence-corrected chi connectivity index (χ2v) is 5.69. The fourth-order valence-corrected chi connectivity index (χ4v) is 1.69. The summed E-state index contributed by atoms with van der Waals surface area (Å²) < 4.78 is 219. The smallest absolute Gasteiger partial charge is 0.394 e. The maximum atomic E-state index is 13.3. The maximum absolute atomic E-state index is 13.3. The number of alkyl halides is 17. The van der Waals surface area contributed by atoms with Gasteiger partial charge in [0.2, 0.25) is 0 Å². The molecule has 1 atom stereocenters. The van der Waals surface area contributed by atoms with E-state index in [1.165, 1.54) is 0 Å². The molecule has 0 saturated heterocycles. The highest BCUT2D eigenvalue weighted by Crippen LogP contribution is 2.64. The van der Waals surface area contributed by atoms with E-state index in [2.05, 4.69) is 0 Å². The van der Waals surface area contributed by atoms with Crippen LogP contribution in [0.25, 0.3) is 0 Å². The molecule has 0 aliphatic heterocycles. The molecule has 1 unspecified atom stereocenters. The van der Waals surface area contributed by atoms with Crippen LogP contribution in [0, 0.1) is 0 Å². The van der Waals surface area contributed by atoms with Crippen LogP contribution >= 0.6 is 0 Å². The third-order valence-corrected chi connectivity index (χ3v) is 3.49. The van der Waals surface area contributed by atoms with E-state index in [9.17, 15) is 74.6 Å². The molecule has 19 heteroatoms. The van der Waals surface area contributed by atoms with Crippen molar-refractivity contribution in [3.05, 3.63) is 0 Å². The molecule has 0 aromatic carbocycles. The van der Waals surface area contributed by atoms with Crippen LogP contribution in [0.4, 0.5) is 74.6 Å². The Bertz CT molecular complexity index is 607. The van der Waals surface area contributed by atoms with E-state index in [1.807, 2.05) is 0 Å². The van der Waals surface area contributed by atoms with Gasteiger partial charge in [-0.15, -0.1) is 0 Å². The van der Waals surface area contributed by atoms with Crippen molar-refractivity contribution in [2.24, 2.45) is 0 Å². The summed E-state index contributed by atoms with van der Waals surface area (Å²) in [5.74, 6) is -57.0. The number of hydrogen-bond acceptors (Lipinski definition) is 2. The van der Waals surface area contributed by atoms with Gasteiger partial charge in [0.05, 0.1) is 12.7 Å². The Labute approximate surface area is 153 Å². The van der Waals surface area contributed by atoms with Gasteiger partial charge >= 0.3 is 47.6 Å². The molecule has 0 bridgehead atoms. The zero-order valence-corrected chi connectivity index (χ0v) is 13.3. The lowest BCUT2D eigenvalue weighted by atomic mass is 9.88. The van der Waals surface area contributed by atoms with Crippen LogP contribution in [0.1, 0.15) is 6.42 Å². The van der Waals surface area contributed by atoms with Crippen molar-refractivity contribution in [1.29, 1.82) is 0 Å². The van der Waals surface area contributed by atoms with Crippen molar-refractivity contribution in [1.82, 2.24) is 0 Å². The molecular formula is C11H7F17O2. The first-order valence-corrected chi connectivity index (χ1v) is 6.71. The van der Waals surface area contributed by atoms with Gasteiger partial charge in [-0.2, -0.15) is 74.6 Å². The molecule has 0 aromatic rings. The lowest BCUT2D eigenvalue weighted by Gasteiger charge is -2.43. The first-order valence-electron chi connectivity index (χ1n) is 6.71. The van der Waals surface area contributed by atoms with Gasteiger partial charge in [0, 0.05) is 6.42 Å². The highest BCUT2D eigenvalue weighted by atomic mass is 19.4. The second-order valence-electron chi connectivity index (χ2n) is 5.69. The fraction of sp³-hybridized carbons (Fsp3) is 1.00. The highest BCUT2D eigenvalue weighted by Gasteiger charge is 2.95. The van der Waals surface area contributed by atoms with Crippen LogP contribution in [-0.4, -0.2) is 70.6 Å². The van der Waals surface area contributed by atoms with Crippen molar-refractivity contribution >= 4 is 0 Å². The molecule has 0 saturated carbocycles. The number of aliphatic hydroxyl groups excluding tert-OH is 2. The molecule has 0 amide bonds. The van der Waals surface area contributed by atoms with Gasteiger partial charge in [-0.3, -0.25) is 0 Å². The second kappa shape index (κ2) is 7.40. The minimum Gasteiger partial charge on any atom is -0.394 e. The SMILES string of the molecule is OCC(O)CC(F)(F)C(F)(F)C(F)(F)C(F)(F)C(F)(F)C(F)(F)C(F)(F)C(F)(F)F. The van der Waals surface area contributed by atoms with Gasteiger partial charge in [-0.25, -0.2) is 0 Å². The molecule has 30 heavy (non-hydrogen) atoms. The molecule has 2 N–H and O–H groups in total. The van der Waals surface area contributed by atoms with E-state index < -0.39 is 66.8 Å². The summed E-state index contributed by atoms with van der Waals surface area (Å²) in [4.78, 5) is 0. The average Bonchev–Trinajstić information content (AvgIpc) is 2.51. The zero-order chi connectivity index (χ0) is 25.0. The van der Waals surface area contributed by atoms with Crippen molar-refractivity contribution in [3.8, 4) is 0 Å². The lowest BCUT2D eigenvalue weighted by Crippen LogP contribution is -2.74. The molecule has 2 nitrogen and oxygen atoms in total. The summed E-state index contributed by atoms with van der Waals surface area (Å²) in [6.07, 6.45) is -14.0. The number of aliphatic hydroxyl groups is 2. The molecular weight excluding hydrogens is 487 g/mol. The molecule has 0 aromatic heterocycles. The first-order chi connectivity index (χ1) is 12.7. The van der Waals surface area contributed by atoms with Crippen LogP contribution in [0.5, 0.6) is 0 Å². The molecule has 0 rings (SSSR count). The van der Waals surface area contributed by atoms with Gasteiger partial charge in [-0.1, -0.05) is 0 Å². The highest BCUT2D eigenvalue weighted by molar-refractivity contribution is 5.15. The predicted molar refractivity (Wildman–Crippen MR) is 58.4 cm³/mol. The van der Waals surface area contributed by atoms with E-state index in [4.69, 9.17) is 10.2 Å². The van der Waals surface area contributed by atoms with Crippen LogP contribution in [-0.2, 0) is 0 Å². The quantitative estimate of drug-likeness (QED) is 0.455. The molecule has 0 heterocycles. The Hall–Kier alpha value is -1.27. The van der Waals surface area contributed by atoms with Crippen LogP contribution < -0.4 is 0 Å². The minimum atomic E-state index is -8.68. The van der Waals surface area contributed by atoms with Crippen molar-refractivity contribution in [2.75, 3.05) is 6.61 Å². The number of hydrogen-bond donors (Lipinski definition) is 2. The number of rotatable bonds is 9. The van der Waals surface area contributed by atoms with E-state index in [-0.39, 0.29) is 0 Å². The van der Waals surface area contributed by atoms with Crippen LogP contribution in [0.15, 0.2) is 0 Å². The summed E-state index contributed by atoms with van der Waals surface area (Å²) in [6, 6.07) is 0. The van der Waals surface area contributed by atoms with E-state index in [0.29, 0.717) is 0 Å². The van der Waals surface area contributed by atoms with Crippen molar-refractivity contribution < 1.29 is 84.9 Å². The van der Waals surface area contributed by atoms with Gasteiger partial charge in [0.25, 0.3) is 0 Å². The molecule has 0 spiro atoms. The van der Waals surface area contributed by atoms with Crippen molar-refractivity contribution in [2.45, 2.75) is 60.2 Å². The monoisotopic (exact) mass is 494 g/mol. The van der Waals surface area contributed by atoms with Gasteiger partial charge in [0.15, 0.2) is 0 Å². The Kier molecular flexibility index (Phi) is 7.09. The normalized spacial score (nSPS) is 17.3. The fourth-order valence-electron chi connectivity index (χ4n) is 1.69. The molecule has 0 fully saturated rings. The first kappa shape index (κ1) is 28.7. The predicted octanol–water partition coefficient (Wildman–Crippen LogP) is 4.74. The summed E-state index contributed by atoms with van der Waals surface area (Å²) in [5.41, 5.74) is 0. The molecule has 0 radical (unpaired) electrons. The summed E-state index contributed by atoms with van der Waals surface area (Å²) in [6.45, 7) is -1.92. The zero-order valence-electron chi connectivity index (χ0n) is 13.3. The largest absolute Gasteiger partial charge is 0.460 e. The number of halogens is 17. The maximum Gasteiger partial charge on any atom is 0.460 e. The van der Waals surface area contributed by atoms with Gasteiger partial charge in [0.1, 0.15) is 0 Å². The third-order valence-electron chi connectivity index (χ3n) is 3.49. The molecule has 0 aliphatic carbocycles. The van der Waals surface area contributed by atoms with Crippen LogP contribution in [0.2, 0.25) is 0 Å². The lowest BCUT2D eigenvalue weighted by molar-refractivity contribution is -0.462. The Morgan fingerprint density at radius 2 is 0.733 bits per heavy atom. The van der Waals surface area contributed by atoms with Crippen LogP contribution in [0.3, 0.4) is 0 Å². The average molecular weight is 494 g/mol. The van der Waals surface area contributed by atoms with E-state index in [1.54, 1.807) is 0 Å². The van der Waals surface area contributed by atoms with Crippen molar-refractivity contribution in [3.63, 3.8) is 0 Å². The molecule has 182 valence electrons. The third kappa shape index (κ3) is 3.75. The van der Waals surface area contributed by atoms with E-state index >= 15 is 0 Å². The summed E-state index contributed by atoms with van der Waals surface area (Å²) in [7, 11) is 0. The molecule has 0 aliphatic rings. The van der Waals surface area contributed by atoms with Gasteiger partial charge in [-0.05, 0) is 0 Å². The Morgan fingerprint density at radius 3 is 1.00 bits per heavy atom. The minimum absolute atomic E-state index is 1.92. The van der Waals surface area contributed by atoms with E-state index in [0.717, 1.165) is 0 Å².